The molecule has 1 N–H and O–H groups in total. The van der Waals surface area contributed by atoms with E-state index >= 15 is 0 Å². The molecular weight excluding hydrogens is 319 g/mol. The van der Waals surface area contributed by atoms with Crippen LogP contribution in [-0.2, 0) is 4.79 Å². The van der Waals surface area contributed by atoms with Crippen molar-refractivity contribution in [2.45, 2.75) is 6.42 Å². The van der Waals surface area contributed by atoms with Crippen LogP contribution in [0.15, 0.2) is 12.2 Å². The summed E-state index contributed by atoms with van der Waals surface area (Å²) in [4.78, 5) is 9.55. The van der Waals surface area contributed by atoms with Crippen LogP contribution in [0.25, 0.3) is 0 Å². The predicted octanol–water partition coefficient (Wildman–Crippen LogP) is 0.124. The maximum atomic E-state index is 9.55. The zero-order valence-electron chi connectivity index (χ0n) is 4.58. The van der Waals surface area contributed by atoms with Gasteiger partial charge in [-0.05, 0) is 0 Å². The van der Waals surface area contributed by atoms with Crippen molar-refractivity contribution in [3.63, 3.8) is 0 Å². The molecule has 0 aliphatic heterocycles. The molecular formula is C5H8AcO2. The van der Waals surface area contributed by atoms with Gasteiger partial charge < -0.3 is 9.90 Å². The standard InChI is InChI=1S/C5H8O2.Ac/c6-4-2-1-3-5-7;/h1-2,5-6H,3-4H2;/b2-1+;. The topological polar surface area (TPSA) is 37.3 Å². The molecule has 43 valence electrons. The molecule has 0 bridgehead atoms. The summed E-state index contributed by atoms with van der Waals surface area (Å²) in [5.74, 6) is 0. The zero-order chi connectivity index (χ0) is 5.54. The van der Waals surface area contributed by atoms with Gasteiger partial charge >= 0.3 is 0 Å². The Bertz CT molecular complexity index is 70.8. The number of hydrogen-bond acceptors (Lipinski definition) is 2. The first kappa shape index (κ1) is 11.6. The Kier molecular flexibility index (Phi) is 15.5. The van der Waals surface area contributed by atoms with E-state index in [-0.39, 0.29) is 50.7 Å². The molecule has 0 saturated heterocycles. The molecule has 0 aromatic rings. The van der Waals surface area contributed by atoms with Crippen molar-refractivity contribution in [2.75, 3.05) is 6.61 Å². The smallest absolute Gasteiger partial charge is 0.123 e. The molecule has 1 radical (unpaired) electrons. The summed E-state index contributed by atoms with van der Waals surface area (Å²) in [6.07, 6.45) is 4.34. The fourth-order valence-electron chi connectivity index (χ4n) is 0.226. The third kappa shape index (κ3) is 9.94. The minimum atomic E-state index is 0. The van der Waals surface area contributed by atoms with E-state index in [2.05, 4.69) is 0 Å². The first-order valence-electron chi connectivity index (χ1n) is 2.11. The van der Waals surface area contributed by atoms with E-state index in [0.717, 1.165) is 6.29 Å². The molecule has 3 heteroatoms. The molecule has 0 saturated carbocycles. The van der Waals surface area contributed by atoms with Gasteiger partial charge in [0.2, 0.25) is 0 Å². The number of hydrogen-bond donors (Lipinski definition) is 1. The average Bonchev–Trinajstić information content (AvgIpc) is 1.69. The molecule has 0 spiro atoms. The maximum absolute atomic E-state index is 9.55. The number of allylic oxidation sites excluding steroid dienone is 1. The van der Waals surface area contributed by atoms with Gasteiger partial charge in [0.15, 0.2) is 0 Å². The number of aliphatic hydroxyl groups is 1. The van der Waals surface area contributed by atoms with Crippen molar-refractivity contribution in [3.05, 3.63) is 12.2 Å². The summed E-state index contributed by atoms with van der Waals surface area (Å²) in [5, 5.41) is 8.09. The monoisotopic (exact) mass is 327 g/mol. The van der Waals surface area contributed by atoms with Crippen LogP contribution in [0, 0.1) is 44.1 Å². The van der Waals surface area contributed by atoms with Crippen molar-refractivity contribution >= 4 is 6.29 Å². The largest absolute Gasteiger partial charge is 0.392 e. The van der Waals surface area contributed by atoms with Gasteiger partial charge in [0, 0.05) is 50.5 Å². The first-order valence-corrected chi connectivity index (χ1v) is 2.11. The molecule has 0 atom stereocenters. The second-order valence-electron chi connectivity index (χ2n) is 1.06. The average molecular weight is 327 g/mol. The fraction of sp³-hybridized carbons (Fsp3) is 0.400. The number of carbonyl (C=O) groups excluding carboxylic acids is 1. The molecule has 0 aliphatic carbocycles. The van der Waals surface area contributed by atoms with E-state index in [1.54, 1.807) is 6.08 Å². The van der Waals surface area contributed by atoms with Crippen molar-refractivity contribution in [3.8, 4) is 0 Å². The number of aldehydes is 1. The Morgan fingerprint density at radius 2 is 2.00 bits per heavy atom. The van der Waals surface area contributed by atoms with Gasteiger partial charge in [-0.1, -0.05) is 12.2 Å². The molecule has 0 aliphatic rings. The third-order valence-electron chi connectivity index (χ3n) is 0.504. The minimum absolute atomic E-state index is 0. The zero-order valence-corrected chi connectivity index (χ0v) is 9.32. The van der Waals surface area contributed by atoms with Crippen molar-refractivity contribution < 1.29 is 54.0 Å². The van der Waals surface area contributed by atoms with E-state index in [1.165, 1.54) is 6.08 Å². The minimum Gasteiger partial charge on any atom is -0.392 e. The van der Waals surface area contributed by atoms with Gasteiger partial charge in [0.05, 0.1) is 6.61 Å². The molecule has 2 nitrogen and oxygen atoms in total. The van der Waals surface area contributed by atoms with Crippen molar-refractivity contribution in [1.82, 2.24) is 0 Å². The summed E-state index contributed by atoms with van der Waals surface area (Å²) in [7, 11) is 0. The van der Waals surface area contributed by atoms with Crippen molar-refractivity contribution in [1.29, 1.82) is 0 Å². The van der Waals surface area contributed by atoms with Crippen molar-refractivity contribution in [2.24, 2.45) is 0 Å². The molecule has 0 rings (SSSR count). The first-order chi connectivity index (χ1) is 3.41. The van der Waals surface area contributed by atoms with E-state index in [1.807, 2.05) is 0 Å². The summed E-state index contributed by atoms with van der Waals surface area (Å²) in [6.45, 7) is 0.0217. The fourth-order valence-corrected chi connectivity index (χ4v) is 0.226. The Labute approximate surface area is 84.5 Å². The molecule has 0 heterocycles. The Balaban J connectivity index is 0. The molecule has 8 heavy (non-hydrogen) atoms. The van der Waals surface area contributed by atoms with Gasteiger partial charge in [-0.3, -0.25) is 0 Å². The molecule has 0 unspecified atom stereocenters. The van der Waals surface area contributed by atoms with E-state index < -0.39 is 0 Å². The quantitative estimate of drug-likeness (QED) is 0.591. The van der Waals surface area contributed by atoms with E-state index in [9.17, 15) is 4.79 Å². The second-order valence-corrected chi connectivity index (χ2v) is 1.06. The van der Waals surface area contributed by atoms with Crippen LogP contribution in [0.3, 0.4) is 0 Å². The van der Waals surface area contributed by atoms with Gasteiger partial charge in [-0.15, -0.1) is 0 Å². The van der Waals surface area contributed by atoms with Crippen LogP contribution in [-0.4, -0.2) is 18.0 Å². The van der Waals surface area contributed by atoms with Crippen LogP contribution in [0.2, 0.25) is 0 Å². The molecule has 0 aromatic carbocycles. The maximum Gasteiger partial charge on any atom is 0.123 e. The number of rotatable bonds is 3. The van der Waals surface area contributed by atoms with E-state index in [0.29, 0.717) is 6.42 Å². The summed E-state index contributed by atoms with van der Waals surface area (Å²) < 4.78 is 0. The molecule has 0 fully saturated rings. The Hall–Kier alpha value is 0.812. The van der Waals surface area contributed by atoms with Gasteiger partial charge in [-0.25, -0.2) is 0 Å². The molecule has 0 amide bonds. The van der Waals surface area contributed by atoms with Gasteiger partial charge in [-0.2, -0.15) is 0 Å². The van der Waals surface area contributed by atoms with Crippen LogP contribution < -0.4 is 0 Å². The summed E-state index contributed by atoms with van der Waals surface area (Å²) in [6, 6.07) is 0. The normalized spacial score (nSPS) is 8.62. The van der Waals surface area contributed by atoms with Gasteiger partial charge in [0.1, 0.15) is 6.29 Å². The number of aliphatic hydroxyl groups excluding tert-OH is 1. The third-order valence-corrected chi connectivity index (χ3v) is 0.504. The van der Waals surface area contributed by atoms with E-state index in [4.69, 9.17) is 5.11 Å². The summed E-state index contributed by atoms with van der Waals surface area (Å²) in [5.41, 5.74) is 0. The Morgan fingerprint density at radius 1 is 1.38 bits per heavy atom. The summed E-state index contributed by atoms with van der Waals surface area (Å²) >= 11 is 0. The van der Waals surface area contributed by atoms with Crippen LogP contribution in [0.5, 0.6) is 0 Å². The van der Waals surface area contributed by atoms with Crippen LogP contribution in [0.1, 0.15) is 6.42 Å². The Morgan fingerprint density at radius 3 is 2.38 bits per heavy atom. The second kappa shape index (κ2) is 10.7. The van der Waals surface area contributed by atoms with Crippen LogP contribution in [0.4, 0.5) is 0 Å². The molecule has 0 aromatic heterocycles. The van der Waals surface area contributed by atoms with Gasteiger partial charge in [0.25, 0.3) is 0 Å². The van der Waals surface area contributed by atoms with Crippen LogP contribution >= 0.6 is 0 Å². The predicted molar refractivity (Wildman–Crippen MR) is 26.9 cm³/mol. The SMILES string of the molecule is O=CC/C=C/CO.[Ac]. The number of carbonyl (C=O) groups is 1.